The van der Waals surface area contributed by atoms with Crippen LogP contribution < -0.4 is 16.6 Å². The average molecular weight is 275 g/mol. The van der Waals surface area contributed by atoms with E-state index in [9.17, 15) is 0 Å². The fourth-order valence-corrected chi connectivity index (χ4v) is 2.32. The summed E-state index contributed by atoms with van der Waals surface area (Å²) >= 11 is 1.69. The van der Waals surface area contributed by atoms with Gasteiger partial charge in [-0.1, -0.05) is 12.1 Å². The Kier molecular flexibility index (Phi) is 4.24. The molecule has 0 aliphatic carbocycles. The summed E-state index contributed by atoms with van der Waals surface area (Å²) < 4.78 is 0. The van der Waals surface area contributed by atoms with E-state index in [1.165, 1.54) is 4.90 Å². The van der Waals surface area contributed by atoms with Gasteiger partial charge in [-0.15, -0.1) is 11.8 Å². The number of nitrogens with zero attached hydrogens (tertiary/aromatic N) is 2. The molecular weight excluding hydrogens is 258 g/mol. The number of benzene rings is 1. The molecule has 0 spiro atoms. The van der Waals surface area contributed by atoms with Crippen molar-refractivity contribution in [2.45, 2.75) is 18.7 Å². The summed E-state index contributed by atoms with van der Waals surface area (Å²) in [4.78, 5) is 9.84. The van der Waals surface area contributed by atoms with Gasteiger partial charge in [-0.05, 0) is 32.2 Å². The molecule has 1 aromatic carbocycles. The van der Waals surface area contributed by atoms with Crippen molar-refractivity contribution in [3.63, 3.8) is 0 Å². The molecule has 0 saturated heterocycles. The quantitative estimate of drug-likeness (QED) is 0.452. The number of rotatable bonds is 4. The Morgan fingerprint density at radius 3 is 2.47 bits per heavy atom. The summed E-state index contributed by atoms with van der Waals surface area (Å²) in [5.41, 5.74) is 4.51. The largest absolute Gasteiger partial charge is 0.339 e. The van der Waals surface area contributed by atoms with E-state index in [0.717, 1.165) is 17.1 Å². The molecule has 0 saturated carbocycles. The number of aromatic nitrogens is 2. The Balaban J connectivity index is 2.40. The molecule has 0 fully saturated rings. The van der Waals surface area contributed by atoms with E-state index in [4.69, 9.17) is 5.84 Å². The van der Waals surface area contributed by atoms with E-state index >= 15 is 0 Å². The van der Waals surface area contributed by atoms with Crippen LogP contribution >= 0.6 is 11.8 Å². The first-order chi connectivity index (χ1) is 9.15. The molecule has 0 amide bonds. The SMILES string of the molecule is CSc1ccccc1Nc1nc(C)nc(NN)c1C. The molecule has 1 aromatic heterocycles. The van der Waals surface area contributed by atoms with Crippen LogP contribution in [0.2, 0.25) is 0 Å². The zero-order valence-electron chi connectivity index (χ0n) is 11.2. The lowest BCUT2D eigenvalue weighted by molar-refractivity contribution is 1.02. The topological polar surface area (TPSA) is 75.9 Å². The molecule has 0 bridgehead atoms. The van der Waals surface area contributed by atoms with Crippen LogP contribution in [0.25, 0.3) is 0 Å². The molecule has 100 valence electrons. The normalized spacial score (nSPS) is 10.3. The highest BCUT2D eigenvalue weighted by Gasteiger charge is 2.10. The van der Waals surface area contributed by atoms with Gasteiger partial charge in [-0.25, -0.2) is 15.8 Å². The molecule has 0 radical (unpaired) electrons. The van der Waals surface area contributed by atoms with Crippen molar-refractivity contribution in [1.29, 1.82) is 0 Å². The van der Waals surface area contributed by atoms with Crippen LogP contribution in [0.15, 0.2) is 29.2 Å². The van der Waals surface area contributed by atoms with Crippen molar-refractivity contribution in [1.82, 2.24) is 9.97 Å². The standard InChI is InChI=1S/C13H17N5S/c1-8-12(15-9(2)16-13(8)18-14)17-10-6-4-5-7-11(10)19-3/h4-7H,14H2,1-3H3,(H2,15,16,17,18). The lowest BCUT2D eigenvalue weighted by Crippen LogP contribution is -2.13. The summed E-state index contributed by atoms with van der Waals surface area (Å²) in [6, 6.07) is 8.10. The molecular formula is C13H17N5S. The zero-order valence-corrected chi connectivity index (χ0v) is 12.0. The van der Waals surface area contributed by atoms with Crippen LogP contribution in [-0.2, 0) is 0 Å². The predicted molar refractivity (Wildman–Crippen MR) is 80.8 cm³/mol. The fourth-order valence-electron chi connectivity index (χ4n) is 1.77. The first-order valence-electron chi connectivity index (χ1n) is 5.87. The van der Waals surface area contributed by atoms with Gasteiger partial charge in [0.2, 0.25) is 0 Å². The van der Waals surface area contributed by atoms with Crippen LogP contribution in [0.5, 0.6) is 0 Å². The Labute approximate surface area is 117 Å². The van der Waals surface area contributed by atoms with E-state index in [1.807, 2.05) is 38.3 Å². The zero-order chi connectivity index (χ0) is 13.8. The van der Waals surface area contributed by atoms with Crippen LogP contribution in [0, 0.1) is 13.8 Å². The third-order valence-corrected chi connectivity index (χ3v) is 3.55. The van der Waals surface area contributed by atoms with E-state index in [-0.39, 0.29) is 0 Å². The van der Waals surface area contributed by atoms with Gasteiger partial charge in [0.15, 0.2) is 0 Å². The molecule has 19 heavy (non-hydrogen) atoms. The molecule has 4 N–H and O–H groups in total. The van der Waals surface area contributed by atoms with Gasteiger partial charge in [-0.2, -0.15) is 0 Å². The molecule has 6 heteroatoms. The number of anilines is 3. The third-order valence-electron chi connectivity index (χ3n) is 2.75. The lowest BCUT2D eigenvalue weighted by Gasteiger charge is -2.14. The number of hydrogen-bond acceptors (Lipinski definition) is 6. The van der Waals surface area contributed by atoms with Crippen LogP contribution in [0.4, 0.5) is 17.3 Å². The second-order valence-electron chi connectivity index (χ2n) is 4.06. The Bertz CT molecular complexity index is 585. The maximum absolute atomic E-state index is 5.47. The molecule has 0 aliphatic heterocycles. The number of hydrogen-bond donors (Lipinski definition) is 3. The van der Waals surface area contributed by atoms with Crippen molar-refractivity contribution in [3.8, 4) is 0 Å². The summed E-state index contributed by atoms with van der Waals surface area (Å²) in [7, 11) is 0. The average Bonchev–Trinajstić information content (AvgIpc) is 2.43. The third kappa shape index (κ3) is 2.97. The van der Waals surface area contributed by atoms with E-state index in [0.29, 0.717) is 11.6 Å². The van der Waals surface area contributed by atoms with Crippen LogP contribution in [0.1, 0.15) is 11.4 Å². The number of nitrogen functional groups attached to an aromatic ring is 1. The summed E-state index contributed by atoms with van der Waals surface area (Å²) in [5.74, 6) is 7.54. The molecule has 2 aromatic rings. The predicted octanol–water partition coefficient (Wildman–Crippen LogP) is 2.84. The maximum atomic E-state index is 5.47. The minimum atomic E-state index is 0.636. The number of thioether (sulfide) groups is 1. The molecule has 1 heterocycles. The van der Waals surface area contributed by atoms with E-state index < -0.39 is 0 Å². The Hall–Kier alpha value is -1.79. The molecule has 0 unspecified atom stereocenters. The van der Waals surface area contributed by atoms with Crippen molar-refractivity contribution in [3.05, 3.63) is 35.7 Å². The minimum absolute atomic E-state index is 0.636. The van der Waals surface area contributed by atoms with Gasteiger partial charge < -0.3 is 10.7 Å². The van der Waals surface area contributed by atoms with E-state index in [1.54, 1.807) is 11.8 Å². The first kappa shape index (κ1) is 13.6. The smallest absolute Gasteiger partial charge is 0.148 e. The number of hydrazine groups is 1. The van der Waals surface area contributed by atoms with Gasteiger partial charge in [0.1, 0.15) is 17.5 Å². The van der Waals surface area contributed by atoms with Crippen molar-refractivity contribution in [2.75, 3.05) is 17.0 Å². The van der Waals surface area contributed by atoms with Crippen molar-refractivity contribution >= 4 is 29.1 Å². The van der Waals surface area contributed by atoms with Crippen molar-refractivity contribution < 1.29 is 0 Å². The Morgan fingerprint density at radius 1 is 1.11 bits per heavy atom. The number of para-hydroxylation sites is 1. The van der Waals surface area contributed by atoms with Gasteiger partial charge in [0.05, 0.1) is 5.69 Å². The highest BCUT2D eigenvalue weighted by Crippen LogP contribution is 2.29. The fraction of sp³-hybridized carbons (Fsp3) is 0.231. The molecule has 2 rings (SSSR count). The highest BCUT2D eigenvalue weighted by molar-refractivity contribution is 7.98. The lowest BCUT2D eigenvalue weighted by atomic mass is 10.2. The van der Waals surface area contributed by atoms with Gasteiger partial charge in [0.25, 0.3) is 0 Å². The number of nitrogens with two attached hydrogens (primary N) is 1. The monoisotopic (exact) mass is 275 g/mol. The molecule has 5 nitrogen and oxygen atoms in total. The van der Waals surface area contributed by atoms with Gasteiger partial charge >= 0.3 is 0 Å². The first-order valence-corrected chi connectivity index (χ1v) is 7.10. The number of aryl methyl sites for hydroxylation is 1. The van der Waals surface area contributed by atoms with Crippen molar-refractivity contribution in [2.24, 2.45) is 5.84 Å². The summed E-state index contributed by atoms with van der Waals surface area (Å²) in [6.07, 6.45) is 2.05. The second kappa shape index (κ2) is 5.90. The highest BCUT2D eigenvalue weighted by atomic mass is 32.2. The van der Waals surface area contributed by atoms with Crippen LogP contribution in [0.3, 0.4) is 0 Å². The molecule has 0 aliphatic rings. The maximum Gasteiger partial charge on any atom is 0.148 e. The summed E-state index contributed by atoms with van der Waals surface area (Å²) in [6.45, 7) is 3.77. The Morgan fingerprint density at radius 2 is 1.79 bits per heavy atom. The number of nitrogens with one attached hydrogen (secondary N) is 2. The van der Waals surface area contributed by atoms with Gasteiger partial charge in [-0.3, -0.25) is 0 Å². The van der Waals surface area contributed by atoms with E-state index in [2.05, 4.69) is 26.8 Å². The van der Waals surface area contributed by atoms with Crippen LogP contribution in [-0.4, -0.2) is 16.2 Å². The second-order valence-corrected chi connectivity index (χ2v) is 4.91. The molecule has 0 atom stereocenters. The van der Waals surface area contributed by atoms with Gasteiger partial charge in [0, 0.05) is 10.5 Å². The minimum Gasteiger partial charge on any atom is -0.339 e. The summed E-state index contributed by atoms with van der Waals surface area (Å²) in [5, 5.41) is 3.34.